The molecule has 3 aliphatic heterocycles. The standard InChI is InChI=1S/C36H38N2O5/c1-40-27-13-12-23-20-28-35(39)21-25-24-10-7-11-26-30(24)38(19-16-36(26,41-2)42-3)31(25)33-34(35,29(23)32(27)43-33)15-18-37(28)17-14-22-8-5-4-6-9-22/h4-13,28,33,39H,14-21H2,1-3H3/t28-,33+,34+,35-/m1/s1. The number of rotatable bonds is 6. The molecule has 43 heavy (non-hydrogen) atoms. The number of methoxy groups -OCH3 is 3. The Morgan fingerprint density at radius 3 is 2.58 bits per heavy atom. The van der Waals surface area contributed by atoms with Gasteiger partial charge in [0.15, 0.2) is 23.4 Å². The fourth-order valence-electron chi connectivity index (χ4n) is 9.83. The minimum absolute atomic E-state index is 0.0141. The third kappa shape index (κ3) is 3.04. The molecule has 0 saturated carbocycles. The summed E-state index contributed by atoms with van der Waals surface area (Å²) in [6.07, 6.45) is 3.58. The Kier molecular flexibility index (Phi) is 5.37. The number of likely N-dealkylation sites (tertiary alicyclic amines) is 1. The minimum atomic E-state index is -0.993. The summed E-state index contributed by atoms with van der Waals surface area (Å²) in [6.45, 7) is 2.60. The molecule has 222 valence electrons. The second kappa shape index (κ2) is 8.85. The summed E-state index contributed by atoms with van der Waals surface area (Å²) in [5, 5.41) is 14.6. The Hall–Kier alpha value is -3.36. The fourth-order valence-corrected chi connectivity index (χ4v) is 9.83. The summed E-state index contributed by atoms with van der Waals surface area (Å²) in [5.74, 6) is 0.785. The van der Waals surface area contributed by atoms with Crippen molar-refractivity contribution in [1.29, 1.82) is 0 Å². The van der Waals surface area contributed by atoms with E-state index in [9.17, 15) is 5.11 Å². The van der Waals surface area contributed by atoms with E-state index in [0.29, 0.717) is 12.8 Å². The fraction of sp³-hybridized carbons (Fsp3) is 0.444. The van der Waals surface area contributed by atoms with Gasteiger partial charge in [-0.3, -0.25) is 4.90 Å². The number of para-hydroxylation sites is 1. The molecule has 0 radical (unpaired) electrons. The first-order chi connectivity index (χ1) is 21.0. The molecule has 4 atom stereocenters. The van der Waals surface area contributed by atoms with Crippen LogP contribution in [0.1, 0.15) is 52.5 Å². The number of piperidine rings is 1. The molecule has 5 aliphatic rings. The van der Waals surface area contributed by atoms with Gasteiger partial charge in [-0.15, -0.1) is 0 Å². The Balaban J connectivity index is 1.26. The monoisotopic (exact) mass is 578 g/mol. The number of hydrogen-bond donors (Lipinski definition) is 1. The maximum atomic E-state index is 13.4. The average Bonchev–Trinajstić information content (AvgIpc) is 3.55. The maximum Gasteiger partial charge on any atom is 0.198 e. The molecule has 2 bridgehead atoms. The van der Waals surface area contributed by atoms with Crippen LogP contribution in [0.5, 0.6) is 11.5 Å². The van der Waals surface area contributed by atoms with Crippen LogP contribution >= 0.6 is 0 Å². The molecule has 4 heterocycles. The summed E-state index contributed by atoms with van der Waals surface area (Å²) >= 11 is 0. The molecule has 2 aliphatic carbocycles. The van der Waals surface area contributed by atoms with Gasteiger partial charge in [-0.1, -0.05) is 54.6 Å². The van der Waals surface area contributed by atoms with E-state index in [-0.39, 0.29) is 12.1 Å². The van der Waals surface area contributed by atoms with Crippen LogP contribution in [-0.4, -0.2) is 60.6 Å². The van der Waals surface area contributed by atoms with Crippen LogP contribution in [-0.2, 0) is 46.5 Å². The highest BCUT2D eigenvalue weighted by Gasteiger charge is 2.73. The SMILES string of the molecule is COc1ccc2c3c1O[C@H]1c4c(c5cccc6c5n4CCC6(OC)OC)C[C@@]4(O)[C@@H](C2)N(CCc2ccccc2)CC[C@]314. The maximum absolute atomic E-state index is 13.4. The molecule has 9 rings (SSSR count). The van der Waals surface area contributed by atoms with E-state index >= 15 is 0 Å². The quantitative estimate of drug-likeness (QED) is 0.324. The zero-order chi connectivity index (χ0) is 29.1. The van der Waals surface area contributed by atoms with Crippen molar-refractivity contribution in [3.05, 3.63) is 94.2 Å². The number of aromatic nitrogens is 1. The number of ether oxygens (including phenoxy) is 4. The Bertz CT molecular complexity index is 1780. The molecule has 1 fully saturated rings. The van der Waals surface area contributed by atoms with Gasteiger partial charge in [-0.25, -0.2) is 0 Å². The second-order valence-corrected chi connectivity index (χ2v) is 13.1. The van der Waals surface area contributed by atoms with Gasteiger partial charge < -0.3 is 28.6 Å². The number of nitrogens with zero attached hydrogens (tertiary/aromatic N) is 2. The van der Waals surface area contributed by atoms with Crippen LogP contribution < -0.4 is 9.47 Å². The molecule has 1 N–H and O–H groups in total. The lowest BCUT2D eigenvalue weighted by atomic mass is 9.49. The second-order valence-electron chi connectivity index (χ2n) is 13.1. The van der Waals surface area contributed by atoms with Crippen molar-refractivity contribution in [2.24, 2.45) is 0 Å². The van der Waals surface area contributed by atoms with Gasteiger partial charge in [0.1, 0.15) is 0 Å². The van der Waals surface area contributed by atoms with Crippen molar-refractivity contribution >= 4 is 10.9 Å². The lowest BCUT2D eigenvalue weighted by Gasteiger charge is -2.63. The number of hydrogen-bond acceptors (Lipinski definition) is 6. The van der Waals surface area contributed by atoms with Gasteiger partial charge >= 0.3 is 0 Å². The molecule has 0 amide bonds. The Morgan fingerprint density at radius 2 is 1.79 bits per heavy atom. The van der Waals surface area contributed by atoms with Gasteiger partial charge in [-0.2, -0.15) is 0 Å². The predicted octanol–water partition coefficient (Wildman–Crippen LogP) is 5.03. The summed E-state index contributed by atoms with van der Waals surface area (Å²) in [6, 6.07) is 21.4. The lowest BCUT2D eigenvalue weighted by molar-refractivity contribution is -0.223. The Labute approximate surface area is 251 Å². The van der Waals surface area contributed by atoms with Gasteiger partial charge in [-0.05, 0) is 48.6 Å². The smallest absolute Gasteiger partial charge is 0.198 e. The number of benzene rings is 3. The largest absolute Gasteiger partial charge is 0.493 e. The summed E-state index contributed by atoms with van der Waals surface area (Å²) in [7, 11) is 5.18. The van der Waals surface area contributed by atoms with Crippen LogP contribution in [0.15, 0.2) is 60.7 Å². The average molecular weight is 579 g/mol. The van der Waals surface area contributed by atoms with Gasteiger partial charge in [0, 0.05) is 62.7 Å². The van der Waals surface area contributed by atoms with Crippen molar-refractivity contribution in [3.63, 3.8) is 0 Å². The number of aliphatic hydroxyl groups is 1. The molecular formula is C36H38N2O5. The highest BCUT2D eigenvalue weighted by atomic mass is 16.7. The zero-order valence-electron chi connectivity index (χ0n) is 25.1. The van der Waals surface area contributed by atoms with Crippen LogP contribution in [0.3, 0.4) is 0 Å². The van der Waals surface area contributed by atoms with E-state index in [0.717, 1.165) is 61.5 Å². The van der Waals surface area contributed by atoms with Crippen LogP contribution in [0, 0.1) is 0 Å². The minimum Gasteiger partial charge on any atom is -0.493 e. The van der Waals surface area contributed by atoms with Crippen LogP contribution in [0.4, 0.5) is 0 Å². The van der Waals surface area contributed by atoms with E-state index in [1.807, 2.05) is 0 Å². The van der Waals surface area contributed by atoms with E-state index in [1.165, 1.54) is 33.3 Å². The highest BCUT2D eigenvalue weighted by molar-refractivity contribution is 5.91. The van der Waals surface area contributed by atoms with E-state index < -0.39 is 16.8 Å². The van der Waals surface area contributed by atoms with Crippen molar-refractivity contribution in [3.8, 4) is 11.5 Å². The van der Waals surface area contributed by atoms with Crippen LogP contribution in [0.25, 0.3) is 10.9 Å². The topological polar surface area (TPSA) is 65.3 Å². The summed E-state index contributed by atoms with van der Waals surface area (Å²) in [5.41, 5.74) is 6.86. The molecular weight excluding hydrogens is 540 g/mol. The van der Waals surface area contributed by atoms with Crippen molar-refractivity contribution in [2.45, 2.75) is 67.6 Å². The summed E-state index contributed by atoms with van der Waals surface area (Å²) < 4.78 is 27.6. The Morgan fingerprint density at radius 1 is 0.953 bits per heavy atom. The summed E-state index contributed by atoms with van der Waals surface area (Å²) in [4.78, 5) is 2.56. The molecule has 7 nitrogen and oxygen atoms in total. The third-order valence-electron chi connectivity index (χ3n) is 11.7. The molecule has 3 aromatic carbocycles. The first kappa shape index (κ1) is 26.1. The van der Waals surface area contributed by atoms with Gasteiger partial charge in [0.2, 0.25) is 0 Å². The molecule has 7 heteroatoms. The highest BCUT2D eigenvalue weighted by Crippen LogP contribution is 2.69. The number of fused-ring (bicyclic) bond motifs is 4. The van der Waals surface area contributed by atoms with E-state index in [4.69, 9.17) is 18.9 Å². The molecule has 1 spiro atoms. The van der Waals surface area contributed by atoms with Crippen LogP contribution in [0.2, 0.25) is 0 Å². The lowest BCUT2D eigenvalue weighted by Crippen LogP contribution is -2.74. The van der Waals surface area contributed by atoms with Crippen molar-refractivity contribution in [1.82, 2.24) is 9.47 Å². The first-order valence-electron chi connectivity index (χ1n) is 15.6. The van der Waals surface area contributed by atoms with Crippen molar-refractivity contribution < 1.29 is 24.1 Å². The normalized spacial score (nSPS) is 29.2. The molecule has 1 saturated heterocycles. The first-order valence-corrected chi connectivity index (χ1v) is 15.6. The molecule has 1 aromatic heterocycles. The van der Waals surface area contributed by atoms with E-state index in [1.54, 1.807) is 21.3 Å². The van der Waals surface area contributed by atoms with Gasteiger partial charge in [0.25, 0.3) is 0 Å². The van der Waals surface area contributed by atoms with Crippen molar-refractivity contribution in [2.75, 3.05) is 34.4 Å². The number of aryl methyl sites for hydroxylation is 1. The van der Waals surface area contributed by atoms with E-state index in [2.05, 4.69) is 70.1 Å². The third-order valence-corrected chi connectivity index (χ3v) is 11.7. The molecule has 4 aromatic rings. The van der Waals surface area contributed by atoms with Gasteiger partial charge in [0.05, 0.1) is 29.3 Å². The predicted molar refractivity (Wildman–Crippen MR) is 163 cm³/mol. The molecule has 0 unspecified atom stereocenters. The zero-order valence-corrected chi connectivity index (χ0v) is 25.1.